The van der Waals surface area contributed by atoms with Crippen LogP contribution in [0.1, 0.15) is 29.7 Å². The lowest BCUT2D eigenvalue weighted by Crippen LogP contribution is -2.10. The largest absolute Gasteiger partial charge is 0.459 e. The predicted octanol–water partition coefficient (Wildman–Crippen LogP) is 3.65. The van der Waals surface area contributed by atoms with Crippen LogP contribution in [0.25, 0.3) is 15.5 Å². The molecule has 126 valence electrons. The van der Waals surface area contributed by atoms with Gasteiger partial charge in [0.25, 0.3) is 5.91 Å². The molecule has 0 fully saturated rings. The summed E-state index contributed by atoms with van der Waals surface area (Å²) >= 11 is 1.47. The number of anilines is 1. The van der Waals surface area contributed by atoms with Crippen LogP contribution in [0.15, 0.2) is 47.1 Å². The first kappa shape index (κ1) is 15.5. The van der Waals surface area contributed by atoms with Gasteiger partial charge >= 0.3 is 0 Å². The molecule has 0 bridgehead atoms. The fourth-order valence-corrected chi connectivity index (χ4v) is 3.34. The Labute approximate surface area is 147 Å². The van der Waals surface area contributed by atoms with Crippen LogP contribution >= 0.6 is 11.3 Å². The van der Waals surface area contributed by atoms with Crippen molar-refractivity contribution in [1.29, 1.82) is 0 Å². The van der Waals surface area contributed by atoms with Crippen LogP contribution in [0.3, 0.4) is 0 Å². The number of fused-ring (bicyclic) bond motifs is 1. The van der Waals surface area contributed by atoms with Crippen molar-refractivity contribution in [2.24, 2.45) is 0 Å². The van der Waals surface area contributed by atoms with Crippen LogP contribution < -0.4 is 5.32 Å². The number of hydrogen-bond acceptors (Lipinski definition) is 6. The van der Waals surface area contributed by atoms with E-state index in [-0.39, 0.29) is 11.7 Å². The number of nitrogens with zero attached hydrogens (tertiary/aromatic N) is 4. The molecule has 8 heteroatoms. The summed E-state index contributed by atoms with van der Waals surface area (Å²) in [5, 5.41) is 16.6. The minimum Gasteiger partial charge on any atom is -0.459 e. The van der Waals surface area contributed by atoms with Gasteiger partial charge in [-0.25, -0.2) is 0 Å². The highest BCUT2D eigenvalue weighted by atomic mass is 32.1. The number of aromatic nitrogens is 4. The van der Waals surface area contributed by atoms with Gasteiger partial charge in [0.2, 0.25) is 4.96 Å². The Hall–Kier alpha value is -3.00. The SMILES string of the molecule is CCCc1nnc2sc(-c3cccc(NC(=O)c4ccco4)c3)nn12. The number of carbonyl (C=O) groups is 1. The summed E-state index contributed by atoms with van der Waals surface area (Å²) in [6, 6.07) is 10.8. The molecule has 0 aliphatic heterocycles. The van der Waals surface area contributed by atoms with E-state index in [0.717, 1.165) is 34.2 Å². The van der Waals surface area contributed by atoms with Crippen molar-refractivity contribution in [2.45, 2.75) is 19.8 Å². The maximum absolute atomic E-state index is 12.1. The molecule has 3 aromatic heterocycles. The highest BCUT2D eigenvalue weighted by Gasteiger charge is 2.14. The van der Waals surface area contributed by atoms with E-state index in [0.29, 0.717) is 5.69 Å². The fourth-order valence-electron chi connectivity index (χ4n) is 2.48. The van der Waals surface area contributed by atoms with Gasteiger partial charge in [-0.15, -0.1) is 10.2 Å². The van der Waals surface area contributed by atoms with Crippen LogP contribution in [0.5, 0.6) is 0 Å². The Balaban J connectivity index is 1.62. The smallest absolute Gasteiger partial charge is 0.291 e. The number of aryl methyl sites for hydroxylation is 1. The molecule has 25 heavy (non-hydrogen) atoms. The standard InChI is InChI=1S/C17H15N5O2S/c1-2-5-14-19-20-17-22(14)21-16(25-17)11-6-3-7-12(10-11)18-15(23)13-8-4-9-24-13/h3-4,6-10H,2,5H2,1H3,(H,18,23). The van der Waals surface area contributed by atoms with Crippen molar-refractivity contribution in [3.8, 4) is 10.6 Å². The Morgan fingerprint density at radius 1 is 1.28 bits per heavy atom. The van der Waals surface area contributed by atoms with E-state index in [1.54, 1.807) is 16.6 Å². The van der Waals surface area contributed by atoms with E-state index in [4.69, 9.17) is 4.42 Å². The summed E-state index contributed by atoms with van der Waals surface area (Å²) in [7, 11) is 0. The maximum Gasteiger partial charge on any atom is 0.291 e. The summed E-state index contributed by atoms with van der Waals surface area (Å²) in [5.74, 6) is 0.848. The van der Waals surface area contributed by atoms with Crippen LogP contribution in [0.4, 0.5) is 5.69 Å². The van der Waals surface area contributed by atoms with E-state index in [2.05, 4.69) is 27.5 Å². The average molecular weight is 353 g/mol. The Kier molecular flexibility index (Phi) is 4.02. The van der Waals surface area contributed by atoms with Gasteiger partial charge in [-0.05, 0) is 30.7 Å². The zero-order chi connectivity index (χ0) is 17.2. The topological polar surface area (TPSA) is 85.3 Å². The lowest BCUT2D eigenvalue weighted by molar-refractivity contribution is 0.0996. The normalized spacial score (nSPS) is 11.1. The first-order chi connectivity index (χ1) is 12.2. The molecule has 1 N–H and O–H groups in total. The molecule has 0 radical (unpaired) electrons. The second-order valence-electron chi connectivity index (χ2n) is 5.48. The van der Waals surface area contributed by atoms with Crippen molar-refractivity contribution in [1.82, 2.24) is 19.8 Å². The molecular weight excluding hydrogens is 338 g/mol. The number of rotatable bonds is 5. The molecular formula is C17H15N5O2S. The molecule has 4 rings (SSSR count). The third kappa shape index (κ3) is 3.03. The van der Waals surface area contributed by atoms with E-state index < -0.39 is 0 Å². The molecule has 0 unspecified atom stereocenters. The number of hydrogen-bond donors (Lipinski definition) is 1. The number of nitrogens with one attached hydrogen (secondary N) is 1. The number of benzene rings is 1. The summed E-state index contributed by atoms with van der Waals surface area (Å²) in [6.45, 7) is 2.10. The van der Waals surface area contributed by atoms with Crippen LogP contribution in [-0.4, -0.2) is 25.7 Å². The van der Waals surface area contributed by atoms with E-state index in [1.165, 1.54) is 17.6 Å². The summed E-state index contributed by atoms with van der Waals surface area (Å²) in [6.07, 6.45) is 3.30. The number of furan rings is 1. The van der Waals surface area contributed by atoms with Gasteiger partial charge in [0, 0.05) is 17.7 Å². The third-order valence-electron chi connectivity index (χ3n) is 3.64. The third-order valence-corrected chi connectivity index (χ3v) is 4.59. The fraction of sp³-hybridized carbons (Fsp3) is 0.176. The second kappa shape index (κ2) is 6.48. The molecule has 0 aliphatic carbocycles. The number of amides is 1. The monoisotopic (exact) mass is 353 g/mol. The van der Waals surface area contributed by atoms with Crippen LogP contribution in [-0.2, 0) is 6.42 Å². The quantitative estimate of drug-likeness (QED) is 0.592. The molecule has 1 aromatic carbocycles. The lowest BCUT2D eigenvalue weighted by Gasteiger charge is -2.04. The molecule has 0 spiro atoms. The first-order valence-electron chi connectivity index (χ1n) is 7.91. The highest BCUT2D eigenvalue weighted by Crippen LogP contribution is 2.27. The zero-order valence-electron chi connectivity index (χ0n) is 13.5. The minimum absolute atomic E-state index is 0.272. The molecule has 3 heterocycles. The van der Waals surface area contributed by atoms with Crippen molar-refractivity contribution in [2.75, 3.05) is 5.32 Å². The van der Waals surface area contributed by atoms with Crippen LogP contribution in [0, 0.1) is 0 Å². The van der Waals surface area contributed by atoms with Gasteiger partial charge in [0.05, 0.1) is 6.26 Å². The van der Waals surface area contributed by atoms with Gasteiger partial charge < -0.3 is 9.73 Å². The van der Waals surface area contributed by atoms with Crippen molar-refractivity contribution >= 4 is 27.9 Å². The molecule has 7 nitrogen and oxygen atoms in total. The average Bonchev–Trinajstić information content (AvgIpc) is 3.34. The molecule has 1 amide bonds. The van der Waals surface area contributed by atoms with Gasteiger partial charge in [0.15, 0.2) is 11.6 Å². The maximum atomic E-state index is 12.1. The number of carbonyl (C=O) groups excluding carboxylic acids is 1. The van der Waals surface area contributed by atoms with Crippen LogP contribution in [0.2, 0.25) is 0 Å². The van der Waals surface area contributed by atoms with Crippen molar-refractivity contribution in [3.05, 3.63) is 54.2 Å². The molecule has 4 aromatic rings. The van der Waals surface area contributed by atoms with Gasteiger partial charge in [-0.1, -0.05) is 30.4 Å². The lowest BCUT2D eigenvalue weighted by atomic mass is 10.2. The second-order valence-corrected chi connectivity index (χ2v) is 6.44. The van der Waals surface area contributed by atoms with Gasteiger partial charge in [-0.2, -0.15) is 9.61 Å². The Morgan fingerprint density at radius 2 is 2.20 bits per heavy atom. The predicted molar refractivity (Wildman–Crippen MR) is 94.8 cm³/mol. The first-order valence-corrected chi connectivity index (χ1v) is 8.72. The summed E-state index contributed by atoms with van der Waals surface area (Å²) < 4.78 is 6.90. The van der Waals surface area contributed by atoms with Crippen molar-refractivity contribution < 1.29 is 9.21 Å². The Morgan fingerprint density at radius 3 is 3.00 bits per heavy atom. The van der Waals surface area contributed by atoms with E-state index >= 15 is 0 Å². The summed E-state index contributed by atoms with van der Waals surface area (Å²) in [5.41, 5.74) is 1.59. The minimum atomic E-state index is -0.287. The summed E-state index contributed by atoms with van der Waals surface area (Å²) in [4.78, 5) is 12.9. The molecule has 0 aliphatic rings. The van der Waals surface area contributed by atoms with Gasteiger partial charge in [0.1, 0.15) is 5.01 Å². The van der Waals surface area contributed by atoms with E-state index in [1.807, 2.05) is 24.3 Å². The van der Waals surface area contributed by atoms with Gasteiger partial charge in [-0.3, -0.25) is 4.79 Å². The molecule has 0 atom stereocenters. The molecule has 0 saturated heterocycles. The highest BCUT2D eigenvalue weighted by molar-refractivity contribution is 7.19. The van der Waals surface area contributed by atoms with Crippen molar-refractivity contribution in [3.63, 3.8) is 0 Å². The molecule has 0 saturated carbocycles. The Bertz CT molecular complexity index is 1020. The van der Waals surface area contributed by atoms with E-state index in [9.17, 15) is 4.79 Å². The zero-order valence-corrected chi connectivity index (χ0v) is 14.3.